The molecule has 5 aromatic rings. The maximum Gasteiger partial charge on any atom is 0.296 e. The number of aliphatic hydroxyl groups is 1. The van der Waals surface area contributed by atoms with Gasteiger partial charge in [0.15, 0.2) is 11.5 Å². The second-order valence-electron chi connectivity index (χ2n) is 10.9. The van der Waals surface area contributed by atoms with E-state index in [1.807, 2.05) is 61.5 Å². The van der Waals surface area contributed by atoms with Crippen molar-refractivity contribution in [1.82, 2.24) is 4.90 Å². The first kappa shape index (κ1) is 30.3. The minimum atomic E-state index is -0.917. The van der Waals surface area contributed by atoms with Gasteiger partial charge in [-0.3, -0.25) is 9.59 Å². The number of benzene rings is 4. The molecule has 0 aliphatic carbocycles. The summed E-state index contributed by atoms with van der Waals surface area (Å²) in [5.74, 6) is 0.190. The summed E-state index contributed by atoms with van der Waals surface area (Å²) < 4.78 is 23.2. The zero-order valence-corrected chi connectivity index (χ0v) is 25.5. The van der Waals surface area contributed by atoms with E-state index >= 15 is 0 Å². The van der Waals surface area contributed by atoms with Crippen LogP contribution in [0.5, 0.6) is 17.2 Å². The third kappa shape index (κ3) is 6.37. The van der Waals surface area contributed by atoms with Crippen LogP contribution < -0.4 is 14.2 Å². The maximum atomic E-state index is 13.6. The topological polar surface area (TPSA) is 98.4 Å². The standard InChI is InChI=1S/C38H33NO7/c1-25-9-6-7-12-29(25)24-45-30-17-14-27(15-18-30)36(40)34-35(39(38(42)37(34)41)22-31-13-8-20-44-31)28-16-19-32(33(21-28)43-2)46-23-26-10-4-3-5-11-26/h3-21,35,40H,22-24H2,1-2H3/b36-34+. The van der Waals surface area contributed by atoms with Crippen LogP contribution in [0.3, 0.4) is 0 Å². The lowest BCUT2D eigenvalue weighted by molar-refractivity contribution is -0.140. The SMILES string of the molecule is COc1cc(C2/C(=C(\O)c3ccc(OCc4ccccc4C)cc3)C(=O)C(=O)N2Cc2ccco2)ccc1OCc1ccccc1. The number of nitrogens with zero attached hydrogens (tertiary/aromatic N) is 1. The van der Waals surface area contributed by atoms with Gasteiger partial charge in [0.1, 0.15) is 30.5 Å². The summed E-state index contributed by atoms with van der Waals surface area (Å²) in [7, 11) is 1.52. The number of likely N-dealkylation sites (tertiary alicyclic amines) is 1. The third-order valence-electron chi connectivity index (χ3n) is 7.97. The summed E-state index contributed by atoms with van der Waals surface area (Å²) in [5, 5.41) is 11.6. The van der Waals surface area contributed by atoms with E-state index in [1.54, 1.807) is 54.6 Å². The Kier molecular flexibility index (Phi) is 8.87. The highest BCUT2D eigenvalue weighted by atomic mass is 16.5. The van der Waals surface area contributed by atoms with E-state index in [9.17, 15) is 14.7 Å². The molecule has 46 heavy (non-hydrogen) atoms. The highest BCUT2D eigenvalue weighted by molar-refractivity contribution is 6.46. The second kappa shape index (κ2) is 13.5. The minimum Gasteiger partial charge on any atom is -0.507 e. The summed E-state index contributed by atoms with van der Waals surface area (Å²) in [4.78, 5) is 28.4. The third-order valence-corrected chi connectivity index (χ3v) is 7.97. The van der Waals surface area contributed by atoms with Gasteiger partial charge in [-0.2, -0.15) is 0 Å². The van der Waals surface area contributed by atoms with E-state index in [1.165, 1.54) is 18.3 Å². The molecule has 0 bridgehead atoms. The van der Waals surface area contributed by atoms with Crippen molar-refractivity contribution < 1.29 is 33.3 Å². The Hall–Kier alpha value is -5.76. The van der Waals surface area contributed by atoms with Gasteiger partial charge >= 0.3 is 0 Å². The molecule has 8 nitrogen and oxygen atoms in total. The van der Waals surface area contributed by atoms with Crippen LogP contribution in [0.4, 0.5) is 0 Å². The number of amides is 1. The predicted molar refractivity (Wildman–Crippen MR) is 172 cm³/mol. The molecule has 1 aromatic heterocycles. The summed E-state index contributed by atoms with van der Waals surface area (Å²) in [5.41, 5.74) is 4.09. The molecular formula is C38H33NO7. The molecule has 232 valence electrons. The minimum absolute atomic E-state index is 0.0271. The molecule has 1 saturated heterocycles. The highest BCUT2D eigenvalue weighted by Gasteiger charge is 2.46. The molecular weight excluding hydrogens is 582 g/mol. The molecule has 1 aliphatic rings. The van der Waals surface area contributed by atoms with Gasteiger partial charge in [-0.1, -0.05) is 60.7 Å². The van der Waals surface area contributed by atoms with E-state index in [4.69, 9.17) is 18.6 Å². The molecule has 4 aromatic carbocycles. The molecule has 2 heterocycles. The summed E-state index contributed by atoms with van der Waals surface area (Å²) >= 11 is 0. The number of Topliss-reactive ketones (excluding diaryl/α,β-unsaturated/α-hetero) is 1. The van der Waals surface area contributed by atoms with E-state index < -0.39 is 17.7 Å². The van der Waals surface area contributed by atoms with E-state index in [-0.39, 0.29) is 17.9 Å². The molecule has 1 unspecified atom stereocenters. The number of aliphatic hydroxyl groups excluding tert-OH is 1. The van der Waals surface area contributed by atoms with Gasteiger partial charge in [0.2, 0.25) is 0 Å². The number of ether oxygens (including phenoxy) is 3. The van der Waals surface area contributed by atoms with Crippen LogP contribution in [0.15, 0.2) is 125 Å². The van der Waals surface area contributed by atoms with Crippen LogP contribution in [-0.4, -0.2) is 28.8 Å². The predicted octanol–water partition coefficient (Wildman–Crippen LogP) is 7.38. The number of hydrogen-bond acceptors (Lipinski definition) is 7. The lowest BCUT2D eigenvalue weighted by atomic mass is 9.95. The molecule has 0 saturated carbocycles. The van der Waals surface area contributed by atoms with Gasteiger partial charge in [0.05, 0.1) is 31.5 Å². The Labute approximate surface area is 267 Å². The van der Waals surface area contributed by atoms with E-state index in [0.717, 1.165) is 16.7 Å². The first-order valence-electron chi connectivity index (χ1n) is 14.9. The number of carbonyl (C=O) groups excluding carboxylic acids is 2. The van der Waals surface area contributed by atoms with Gasteiger partial charge in [0.25, 0.3) is 11.7 Å². The quantitative estimate of drug-likeness (QED) is 0.0941. The molecule has 8 heteroatoms. The first-order valence-corrected chi connectivity index (χ1v) is 14.9. The Morgan fingerprint density at radius 3 is 2.30 bits per heavy atom. The van der Waals surface area contributed by atoms with Crippen molar-refractivity contribution in [2.45, 2.75) is 32.7 Å². The van der Waals surface area contributed by atoms with Crippen molar-refractivity contribution in [3.05, 3.63) is 155 Å². The summed E-state index contributed by atoms with van der Waals surface area (Å²) in [6.07, 6.45) is 1.51. The molecule has 1 atom stereocenters. The molecule has 1 aliphatic heterocycles. The molecule has 0 spiro atoms. The first-order chi connectivity index (χ1) is 22.4. The van der Waals surface area contributed by atoms with Crippen LogP contribution in [0.1, 0.15) is 39.6 Å². The lowest BCUT2D eigenvalue weighted by Gasteiger charge is -2.25. The van der Waals surface area contributed by atoms with E-state index in [2.05, 4.69) is 0 Å². The Morgan fingerprint density at radius 1 is 0.826 bits per heavy atom. The fourth-order valence-electron chi connectivity index (χ4n) is 5.47. The van der Waals surface area contributed by atoms with Crippen molar-refractivity contribution in [2.75, 3.05) is 7.11 Å². The van der Waals surface area contributed by atoms with Crippen LogP contribution in [0.2, 0.25) is 0 Å². The zero-order valence-electron chi connectivity index (χ0n) is 25.5. The van der Waals surface area contributed by atoms with Gasteiger partial charge in [0, 0.05) is 5.56 Å². The fraction of sp³-hybridized carbons (Fsp3) is 0.158. The van der Waals surface area contributed by atoms with Crippen molar-refractivity contribution in [3.63, 3.8) is 0 Å². The van der Waals surface area contributed by atoms with Gasteiger partial charge in [-0.25, -0.2) is 0 Å². The van der Waals surface area contributed by atoms with Crippen LogP contribution in [0.25, 0.3) is 5.76 Å². The maximum absolute atomic E-state index is 13.6. The number of furan rings is 1. The number of methoxy groups -OCH3 is 1. The number of carbonyl (C=O) groups is 2. The normalized spacial score (nSPS) is 15.6. The molecule has 6 rings (SSSR count). The Bertz CT molecular complexity index is 1860. The highest BCUT2D eigenvalue weighted by Crippen LogP contribution is 2.43. The number of ketones is 1. The molecule has 1 amide bonds. The van der Waals surface area contributed by atoms with Gasteiger partial charge in [-0.05, 0) is 77.7 Å². The average Bonchev–Trinajstić information content (AvgIpc) is 3.70. The lowest BCUT2D eigenvalue weighted by Crippen LogP contribution is -2.29. The fourth-order valence-corrected chi connectivity index (χ4v) is 5.47. The largest absolute Gasteiger partial charge is 0.507 e. The summed E-state index contributed by atoms with van der Waals surface area (Å²) in [6, 6.07) is 32.3. The number of hydrogen-bond donors (Lipinski definition) is 1. The van der Waals surface area contributed by atoms with Crippen LogP contribution in [0, 0.1) is 6.92 Å². The van der Waals surface area contributed by atoms with Crippen molar-refractivity contribution in [3.8, 4) is 17.2 Å². The van der Waals surface area contributed by atoms with Crippen LogP contribution in [-0.2, 0) is 29.3 Å². The molecule has 1 N–H and O–H groups in total. The van der Waals surface area contributed by atoms with Crippen LogP contribution >= 0.6 is 0 Å². The monoisotopic (exact) mass is 615 g/mol. The van der Waals surface area contributed by atoms with Crippen molar-refractivity contribution in [1.29, 1.82) is 0 Å². The van der Waals surface area contributed by atoms with Crippen molar-refractivity contribution >= 4 is 17.4 Å². The Balaban J connectivity index is 1.32. The van der Waals surface area contributed by atoms with Gasteiger partial charge in [-0.15, -0.1) is 0 Å². The van der Waals surface area contributed by atoms with E-state index in [0.29, 0.717) is 47.3 Å². The molecule has 1 fully saturated rings. The number of aryl methyl sites for hydroxylation is 1. The zero-order chi connectivity index (χ0) is 32.0. The van der Waals surface area contributed by atoms with Gasteiger partial charge < -0.3 is 28.6 Å². The Morgan fingerprint density at radius 2 is 1.59 bits per heavy atom. The average molecular weight is 616 g/mol. The summed E-state index contributed by atoms with van der Waals surface area (Å²) in [6.45, 7) is 2.78. The molecule has 0 radical (unpaired) electrons. The van der Waals surface area contributed by atoms with Crippen molar-refractivity contribution in [2.24, 2.45) is 0 Å². The second-order valence-corrected chi connectivity index (χ2v) is 10.9. The smallest absolute Gasteiger partial charge is 0.296 e. The number of rotatable bonds is 11.